The van der Waals surface area contributed by atoms with Crippen molar-refractivity contribution in [3.8, 4) is 5.75 Å². The van der Waals surface area contributed by atoms with Crippen LogP contribution in [0.15, 0.2) is 43.0 Å². The van der Waals surface area contributed by atoms with Crippen LogP contribution in [0, 0.1) is 5.41 Å². The predicted octanol–water partition coefficient (Wildman–Crippen LogP) is 2.79. The maximum absolute atomic E-state index is 5.95. The zero-order valence-electron chi connectivity index (χ0n) is 13.1. The Hall–Kier alpha value is -1.88. The molecule has 0 aliphatic rings. The summed E-state index contributed by atoms with van der Waals surface area (Å²) in [6.07, 6.45) is 3.23. The molecule has 0 saturated heterocycles. The lowest BCUT2D eigenvalue weighted by atomic mass is 9.76. The Morgan fingerprint density at radius 3 is 2.38 bits per heavy atom. The van der Waals surface area contributed by atoms with Gasteiger partial charge in [-0.1, -0.05) is 39.0 Å². The minimum Gasteiger partial charge on any atom is -0.490 e. The van der Waals surface area contributed by atoms with E-state index in [1.807, 2.05) is 30.3 Å². The van der Waals surface area contributed by atoms with Gasteiger partial charge in [-0.05, 0) is 17.5 Å². The van der Waals surface area contributed by atoms with Gasteiger partial charge in [0.15, 0.2) is 0 Å². The second kappa shape index (κ2) is 6.26. The third-order valence-corrected chi connectivity index (χ3v) is 3.86. The van der Waals surface area contributed by atoms with Crippen LogP contribution in [0.25, 0.3) is 0 Å². The highest BCUT2D eigenvalue weighted by Gasteiger charge is 2.44. The molecule has 5 heteroatoms. The molecule has 0 radical (unpaired) electrons. The molecule has 0 amide bonds. The molecule has 0 bridgehead atoms. The smallest absolute Gasteiger partial charge is 0.137 e. The number of ether oxygens (including phenoxy) is 2. The summed E-state index contributed by atoms with van der Waals surface area (Å²) >= 11 is 0. The van der Waals surface area contributed by atoms with Gasteiger partial charge in [0.1, 0.15) is 30.6 Å². The highest BCUT2D eigenvalue weighted by Crippen LogP contribution is 2.35. The number of hydrogen-bond donors (Lipinski definition) is 0. The van der Waals surface area contributed by atoms with Crippen molar-refractivity contribution in [2.45, 2.75) is 32.9 Å². The van der Waals surface area contributed by atoms with Gasteiger partial charge in [-0.3, -0.25) is 0 Å². The molecule has 0 N–H and O–H groups in total. The molecular formula is C16H23N3O2. The molecule has 2 rings (SSSR count). The normalized spacial score (nSPS) is 14.7. The maximum Gasteiger partial charge on any atom is 0.137 e. The summed E-state index contributed by atoms with van der Waals surface area (Å²) in [5, 5.41) is 4.19. The van der Waals surface area contributed by atoms with Crippen molar-refractivity contribution in [2.24, 2.45) is 5.41 Å². The maximum atomic E-state index is 5.95. The van der Waals surface area contributed by atoms with Crippen molar-refractivity contribution in [3.05, 3.63) is 43.0 Å². The first-order valence-electron chi connectivity index (χ1n) is 7.02. The van der Waals surface area contributed by atoms with Crippen molar-refractivity contribution in [1.82, 2.24) is 14.8 Å². The van der Waals surface area contributed by atoms with Gasteiger partial charge in [0.25, 0.3) is 0 Å². The minimum absolute atomic E-state index is 0.123. The summed E-state index contributed by atoms with van der Waals surface area (Å²) in [5.41, 5.74) is -0.626. The molecule has 5 nitrogen and oxygen atoms in total. The van der Waals surface area contributed by atoms with Gasteiger partial charge in [0, 0.05) is 7.11 Å². The number of benzene rings is 1. The van der Waals surface area contributed by atoms with Crippen LogP contribution < -0.4 is 4.74 Å². The molecule has 0 aliphatic carbocycles. The average molecular weight is 289 g/mol. The minimum atomic E-state index is -0.503. The lowest BCUT2D eigenvalue weighted by Gasteiger charge is -2.43. The number of aromatic nitrogens is 3. The predicted molar refractivity (Wildman–Crippen MR) is 81.2 cm³/mol. The molecule has 0 saturated carbocycles. The van der Waals surface area contributed by atoms with Crippen molar-refractivity contribution >= 4 is 0 Å². The van der Waals surface area contributed by atoms with E-state index in [0.29, 0.717) is 13.2 Å². The molecule has 0 aliphatic heterocycles. The third-order valence-electron chi connectivity index (χ3n) is 3.86. The van der Waals surface area contributed by atoms with Crippen LogP contribution in [0.2, 0.25) is 0 Å². The van der Waals surface area contributed by atoms with Gasteiger partial charge in [-0.15, -0.1) is 0 Å². The Kier molecular flexibility index (Phi) is 4.63. The van der Waals surface area contributed by atoms with E-state index >= 15 is 0 Å². The summed E-state index contributed by atoms with van der Waals surface area (Å²) in [4.78, 5) is 4.00. The zero-order chi connectivity index (χ0) is 15.3. The van der Waals surface area contributed by atoms with Crippen molar-refractivity contribution in [2.75, 3.05) is 13.7 Å². The van der Waals surface area contributed by atoms with E-state index in [9.17, 15) is 0 Å². The fourth-order valence-corrected chi connectivity index (χ4v) is 2.22. The van der Waals surface area contributed by atoms with Crippen LogP contribution in [0.1, 0.15) is 20.8 Å². The molecule has 1 atom stereocenters. The fraction of sp³-hybridized carbons (Fsp3) is 0.500. The lowest BCUT2D eigenvalue weighted by Crippen LogP contribution is -2.53. The fourth-order valence-electron chi connectivity index (χ4n) is 2.22. The van der Waals surface area contributed by atoms with Crippen LogP contribution in [-0.2, 0) is 11.3 Å². The number of nitrogens with zero attached hydrogens (tertiary/aromatic N) is 3. The first-order valence-corrected chi connectivity index (χ1v) is 7.02. The number of rotatable bonds is 6. The molecule has 21 heavy (non-hydrogen) atoms. The van der Waals surface area contributed by atoms with E-state index in [4.69, 9.17) is 9.47 Å². The molecule has 1 aromatic carbocycles. The number of hydrogen-bond acceptors (Lipinski definition) is 4. The second-order valence-electron chi connectivity index (χ2n) is 6.14. The van der Waals surface area contributed by atoms with Crippen LogP contribution in [0.5, 0.6) is 5.75 Å². The summed E-state index contributed by atoms with van der Waals surface area (Å²) < 4.78 is 13.6. The molecule has 1 unspecified atom stereocenters. The van der Waals surface area contributed by atoms with E-state index in [1.54, 1.807) is 18.1 Å². The van der Waals surface area contributed by atoms with Crippen LogP contribution in [0.4, 0.5) is 0 Å². The Bertz CT molecular complexity index is 534. The summed E-state index contributed by atoms with van der Waals surface area (Å²) in [7, 11) is 1.72. The van der Waals surface area contributed by atoms with E-state index in [1.165, 1.54) is 6.33 Å². The largest absolute Gasteiger partial charge is 0.490 e. The van der Waals surface area contributed by atoms with Gasteiger partial charge in [-0.25, -0.2) is 9.67 Å². The molecule has 2 aromatic rings. The molecule has 1 aromatic heterocycles. The zero-order valence-corrected chi connectivity index (χ0v) is 13.1. The van der Waals surface area contributed by atoms with Gasteiger partial charge < -0.3 is 9.47 Å². The second-order valence-corrected chi connectivity index (χ2v) is 6.14. The van der Waals surface area contributed by atoms with Gasteiger partial charge in [0.05, 0.1) is 6.54 Å². The summed E-state index contributed by atoms with van der Waals surface area (Å²) in [6, 6.07) is 9.77. The molecule has 0 fully saturated rings. The average Bonchev–Trinajstić information content (AvgIpc) is 2.96. The van der Waals surface area contributed by atoms with E-state index < -0.39 is 5.60 Å². The van der Waals surface area contributed by atoms with E-state index in [2.05, 4.69) is 30.9 Å². The summed E-state index contributed by atoms with van der Waals surface area (Å²) in [5.74, 6) is 0.835. The van der Waals surface area contributed by atoms with Crippen LogP contribution in [-0.4, -0.2) is 34.1 Å². The van der Waals surface area contributed by atoms with E-state index in [0.717, 1.165) is 5.75 Å². The lowest BCUT2D eigenvalue weighted by molar-refractivity contribution is -0.129. The Balaban J connectivity index is 2.19. The van der Waals surface area contributed by atoms with Crippen molar-refractivity contribution in [1.29, 1.82) is 0 Å². The van der Waals surface area contributed by atoms with Crippen molar-refractivity contribution < 1.29 is 9.47 Å². The topological polar surface area (TPSA) is 49.2 Å². The number of para-hydroxylation sites is 1. The first-order chi connectivity index (χ1) is 9.97. The SMILES string of the molecule is COC(COc1ccccc1)(Cn1cncn1)C(C)(C)C. The van der Waals surface area contributed by atoms with Crippen molar-refractivity contribution in [3.63, 3.8) is 0 Å². The highest BCUT2D eigenvalue weighted by atomic mass is 16.5. The van der Waals surface area contributed by atoms with Gasteiger partial charge in [-0.2, -0.15) is 5.10 Å². The van der Waals surface area contributed by atoms with Gasteiger partial charge >= 0.3 is 0 Å². The van der Waals surface area contributed by atoms with E-state index in [-0.39, 0.29) is 5.41 Å². The van der Waals surface area contributed by atoms with Crippen LogP contribution in [0.3, 0.4) is 0 Å². The Morgan fingerprint density at radius 2 is 1.86 bits per heavy atom. The molecule has 1 heterocycles. The molecular weight excluding hydrogens is 266 g/mol. The first kappa shape index (κ1) is 15.5. The molecule has 114 valence electrons. The van der Waals surface area contributed by atoms with Gasteiger partial charge in [0.2, 0.25) is 0 Å². The highest BCUT2D eigenvalue weighted by molar-refractivity contribution is 5.21. The molecule has 0 spiro atoms. The Labute approximate surface area is 125 Å². The Morgan fingerprint density at radius 1 is 1.14 bits per heavy atom. The van der Waals surface area contributed by atoms with Crippen LogP contribution >= 0.6 is 0 Å². The standard InChI is InChI=1S/C16H23N3O2/c1-15(2,3)16(20-4,10-19-13-17-12-18-19)11-21-14-8-6-5-7-9-14/h5-9,12-13H,10-11H2,1-4H3. The third kappa shape index (κ3) is 3.61. The number of methoxy groups -OCH3 is 1. The quantitative estimate of drug-likeness (QED) is 0.820. The monoisotopic (exact) mass is 289 g/mol. The summed E-state index contributed by atoms with van der Waals surface area (Å²) in [6.45, 7) is 7.45.